The van der Waals surface area contributed by atoms with Gasteiger partial charge in [0.2, 0.25) is 0 Å². The summed E-state index contributed by atoms with van der Waals surface area (Å²) in [5.74, 6) is -0.184. The highest BCUT2D eigenvalue weighted by Crippen LogP contribution is 2.27. The Kier molecular flexibility index (Phi) is 4.88. The molecule has 1 saturated heterocycles. The van der Waals surface area contributed by atoms with Crippen LogP contribution in [0.5, 0.6) is 0 Å². The smallest absolute Gasteiger partial charge is 0.251 e. The summed E-state index contributed by atoms with van der Waals surface area (Å²) in [5.41, 5.74) is 1.45. The van der Waals surface area contributed by atoms with Crippen LogP contribution in [0.1, 0.15) is 23.2 Å². The zero-order valence-corrected chi connectivity index (χ0v) is 15.1. The van der Waals surface area contributed by atoms with Crippen molar-refractivity contribution in [2.45, 2.75) is 18.4 Å². The van der Waals surface area contributed by atoms with Crippen LogP contribution in [-0.2, 0) is 0 Å². The third-order valence-corrected chi connectivity index (χ3v) is 5.10. The second-order valence-electron chi connectivity index (χ2n) is 7.15. The minimum atomic E-state index is -0.872. The fraction of sp³-hybridized carbons (Fsp3) is 0.273. The molecule has 27 heavy (non-hydrogen) atoms. The molecule has 138 valence electrons. The van der Waals surface area contributed by atoms with Gasteiger partial charge in [-0.3, -0.25) is 9.78 Å². The summed E-state index contributed by atoms with van der Waals surface area (Å²) in [7, 11) is 0. The summed E-state index contributed by atoms with van der Waals surface area (Å²) in [5, 5.41) is 18.8. The zero-order valence-electron chi connectivity index (χ0n) is 15.1. The van der Waals surface area contributed by atoms with E-state index in [0.717, 1.165) is 35.0 Å². The Morgan fingerprint density at radius 2 is 2.07 bits per heavy atom. The highest BCUT2D eigenvalue weighted by molar-refractivity contribution is 5.98. The van der Waals surface area contributed by atoms with Crippen LogP contribution in [0, 0.1) is 0 Å². The number of β-amino-alcohol motifs (C(OH)–C–C–N with tert-alkyl or cyclic N) is 1. The Labute approximate surface area is 158 Å². The number of nitrogens with one attached hydrogen (secondary N) is 2. The summed E-state index contributed by atoms with van der Waals surface area (Å²) in [6, 6.07) is 17.5. The predicted octanol–water partition coefficient (Wildman–Crippen LogP) is 2.75. The predicted molar refractivity (Wildman–Crippen MR) is 107 cm³/mol. The highest BCUT2D eigenvalue weighted by atomic mass is 16.3. The van der Waals surface area contributed by atoms with E-state index in [1.54, 1.807) is 12.3 Å². The van der Waals surface area contributed by atoms with Gasteiger partial charge in [-0.25, -0.2) is 0 Å². The molecule has 1 fully saturated rings. The number of benzene rings is 2. The van der Waals surface area contributed by atoms with Crippen molar-refractivity contribution in [1.29, 1.82) is 0 Å². The molecule has 3 N–H and O–H groups in total. The van der Waals surface area contributed by atoms with E-state index in [1.165, 1.54) is 0 Å². The molecular formula is C22H23N3O2. The van der Waals surface area contributed by atoms with E-state index in [9.17, 15) is 9.90 Å². The highest BCUT2D eigenvalue weighted by Gasteiger charge is 2.29. The Balaban J connectivity index is 1.56. The van der Waals surface area contributed by atoms with Crippen molar-refractivity contribution in [3.63, 3.8) is 0 Å². The first-order valence-corrected chi connectivity index (χ1v) is 9.30. The van der Waals surface area contributed by atoms with Crippen molar-refractivity contribution in [2.24, 2.45) is 0 Å². The van der Waals surface area contributed by atoms with Gasteiger partial charge in [0.1, 0.15) is 0 Å². The van der Waals surface area contributed by atoms with Crippen LogP contribution in [0.4, 0.5) is 0 Å². The van der Waals surface area contributed by atoms with E-state index in [4.69, 9.17) is 0 Å². The van der Waals surface area contributed by atoms with Crippen molar-refractivity contribution >= 4 is 16.7 Å². The first-order chi connectivity index (χ1) is 13.1. The minimum absolute atomic E-state index is 0.184. The SMILES string of the molecule is O=C(NC[C@@]1(O)CCCNC1)c1cccc(-c2nccc3ccccc23)c1. The van der Waals surface area contributed by atoms with Crippen LogP contribution in [0.2, 0.25) is 0 Å². The molecule has 4 rings (SSSR count). The molecule has 5 heteroatoms. The van der Waals surface area contributed by atoms with E-state index >= 15 is 0 Å². The largest absolute Gasteiger partial charge is 0.387 e. The standard InChI is InChI=1S/C22H23N3O2/c26-21(25-15-22(27)10-4-11-23-14-22)18-7-3-6-17(13-18)20-19-8-2-1-5-16(19)9-12-24-20/h1-3,5-9,12-13,23,27H,4,10-11,14-15H2,(H,25,26)/t22-/m1/s1. The van der Waals surface area contributed by atoms with Gasteiger partial charge >= 0.3 is 0 Å². The van der Waals surface area contributed by atoms with E-state index < -0.39 is 5.60 Å². The molecule has 0 spiro atoms. The number of amides is 1. The summed E-state index contributed by atoms with van der Waals surface area (Å²) in [6.07, 6.45) is 3.39. The maximum absolute atomic E-state index is 12.6. The van der Waals surface area contributed by atoms with Crippen LogP contribution in [0.15, 0.2) is 60.8 Å². The van der Waals surface area contributed by atoms with Crippen molar-refractivity contribution in [1.82, 2.24) is 15.6 Å². The Morgan fingerprint density at radius 3 is 2.93 bits per heavy atom. The van der Waals surface area contributed by atoms with E-state index in [2.05, 4.69) is 21.7 Å². The molecule has 1 aliphatic rings. The normalized spacial score (nSPS) is 19.7. The molecule has 1 atom stereocenters. The van der Waals surface area contributed by atoms with Crippen LogP contribution >= 0.6 is 0 Å². The number of pyridine rings is 1. The van der Waals surface area contributed by atoms with Crippen molar-refractivity contribution in [2.75, 3.05) is 19.6 Å². The van der Waals surface area contributed by atoms with Gasteiger partial charge in [-0.05, 0) is 43.0 Å². The Hall–Kier alpha value is -2.76. The van der Waals surface area contributed by atoms with Gasteiger partial charge in [-0.2, -0.15) is 0 Å². The second kappa shape index (κ2) is 7.47. The number of piperidine rings is 1. The maximum atomic E-state index is 12.6. The van der Waals surface area contributed by atoms with Crippen LogP contribution in [0.25, 0.3) is 22.0 Å². The topological polar surface area (TPSA) is 74.2 Å². The average molecular weight is 361 g/mol. The first-order valence-electron chi connectivity index (χ1n) is 9.30. The van der Waals surface area contributed by atoms with Crippen molar-refractivity contribution < 1.29 is 9.90 Å². The Bertz CT molecular complexity index is 959. The number of carbonyl (C=O) groups is 1. The molecule has 5 nitrogen and oxygen atoms in total. The summed E-state index contributed by atoms with van der Waals surface area (Å²) >= 11 is 0. The number of carbonyl (C=O) groups excluding carboxylic acids is 1. The number of rotatable bonds is 4. The lowest BCUT2D eigenvalue weighted by molar-refractivity contribution is 0.0170. The first kappa shape index (κ1) is 17.6. The number of aliphatic hydroxyl groups is 1. The number of fused-ring (bicyclic) bond motifs is 1. The lowest BCUT2D eigenvalue weighted by atomic mass is 9.94. The van der Waals surface area contributed by atoms with Crippen molar-refractivity contribution in [3.05, 3.63) is 66.4 Å². The third kappa shape index (κ3) is 3.84. The number of hydrogen-bond acceptors (Lipinski definition) is 4. The van der Waals surface area contributed by atoms with Crippen LogP contribution in [-0.4, -0.2) is 41.2 Å². The Morgan fingerprint density at radius 1 is 1.19 bits per heavy atom. The monoisotopic (exact) mass is 361 g/mol. The van der Waals surface area contributed by atoms with E-state index in [-0.39, 0.29) is 12.5 Å². The summed E-state index contributed by atoms with van der Waals surface area (Å²) < 4.78 is 0. The molecule has 2 heterocycles. The molecular weight excluding hydrogens is 338 g/mol. The van der Waals surface area contributed by atoms with Gasteiger partial charge in [-0.15, -0.1) is 0 Å². The molecule has 0 radical (unpaired) electrons. The molecule has 2 aromatic carbocycles. The third-order valence-electron chi connectivity index (χ3n) is 5.10. The summed E-state index contributed by atoms with van der Waals surface area (Å²) in [6.45, 7) is 1.67. The van der Waals surface area contributed by atoms with Crippen LogP contribution in [0.3, 0.4) is 0 Å². The molecule has 1 aliphatic heterocycles. The number of aromatic nitrogens is 1. The number of hydrogen-bond donors (Lipinski definition) is 3. The minimum Gasteiger partial charge on any atom is -0.387 e. The molecule has 3 aromatic rings. The van der Waals surface area contributed by atoms with Crippen molar-refractivity contribution in [3.8, 4) is 11.3 Å². The van der Waals surface area contributed by atoms with E-state index in [0.29, 0.717) is 18.5 Å². The molecule has 0 aliphatic carbocycles. The second-order valence-corrected chi connectivity index (χ2v) is 7.15. The van der Waals surface area contributed by atoms with Gasteiger partial charge in [0.05, 0.1) is 11.3 Å². The summed E-state index contributed by atoms with van der Waals surface area (Å²) in [4.78, 5) is 17.1. The number of nitrogens with zero attached hydrogens (tertiary/aromatic N) is 1. The molecule has 0 unspecified atom stereocenters. The lowest BCUT2D eigenvalue weighted by Gasteiger charge is -2.32. The quantitative estimate of drug-likeness (QED) is 0.668. The average Bonchev–Trinajstić information content (AvgIpc) is 2.72. The molecule has 1 aromatic heterocycles. The van der Waals surface area contributed by atoms with Gasteiger partial charge < -0.3 is 15.7 Å². The molecule has 1 amide bonds. The fourth-order valence-electron chi connectivity index (χ4n) is 3.61. The lowest BCUT2D eigenvalue weighted by Crippen LogP contribution is -2.52. The maximum Gasteiger partial charge on any atom is 0.251 e. The zero-order chi connectivity index (χ0) is 18.7. The van der Waals surface area contributed by atoms with Gasteiger partial charge in [0.25, 0.3) is 5.91 Å². The van der Waals surface area contributed by atoms with Crippen LogP contribution < -0.4 is 10.6 Å². The van der Waals surface area contributed by atoms with Gasteiger partial charge in [0.15, 0.2) is 0 Å². The van der Waals surface area contributed by atoms with Gasteiger partial charge in [-0.1, -0.05) is 36.4 Å². The van der Waals surface area contributed by atoms with E-state index in [1.807, 2.05) is 42.5 Å². The van der Waals surface area contributed by atoms with Gasteiger partial charge in [0, 0.05) is 35.8 Å². The fourth-order valence-corrected chi connectivity index (χ4v) is 3.61. The molecule has 0 saturated carbocycles. The molecule has 0 bridgehead atoms.